The number of hydrogen-bond acceptors (Lipinski definition) is 8. The fourth-order valence-corrected chi connectivity index (χ4v) is 8.53. The van der Waals surface area contributed by atoms with Crippen LogP contribution in [0.5, 0.6) is 0 Å². The largest absolute Gasteiger partial charge is 0.375 e. The lowest BCUT2D eigenvalue weighted by molar-refractivity contribution is -0.157. The van der Waals surface area contributed by atoms with Crippen LogP contribution in [0.4, 0.5) is 20.0 Å². The molecule has 3 heterocycles. The van der Waals surface area contributed by atoms with E-state index in [0.717, 1.165) is 37.7 Å². The van der Waals surface area contributed by atoms with Crippen molar-refractivity contribution in [2.24, 2.45) is 0 Å². The van der Waals surface area contributed by atoms with E-state index in [-0.39, 0.29) is 56.1 Å². The number of aromatic nitrogens is 1. The zero-order valence-corrected chi connectivity index (χ0v) is 32.0. The number of anilines is 2. The predicted octanol–water partition coefficient (Wildman–Crippen LogP) is 6.38. The summed E-state index contributed by atoms with van der Waals surface area (Å²) in [6.07, 6.45) is 0.188. The summed E-state index contributed by atoms with van der Waals surface area (Å²) in [5, 5.41) is 11.5. The summed E-state index contributed by atoms with van der Waals surface area (Å²) in [6.45, 7) is 2.73. The molecule has 2 aliphatic heterocycles. The molecule has 2 fully saturated rings. The van der Waals surface area contributed by atoms with E-state index in [1.165, 1.54) is 23.5 Å². The quantitative estimate of drug-likeness (QED) is 0.138. The number of hydrazine groups is 1. The summed E-state index contributed by atoms with van der Waals surface area (Å²) >= 11 is 1.37. The number of rotatable bonds is 11. The van der Waals surface area contributed by atoms with E-state index in [1.54, 1.807) is 50.1 Å². The number of piperazine rings is 1. The van der Waals surface area contributed by atoms with Crippen LogP contribution in [0.15, 0.2) is 109 Å². The highest BCUT2D eigenvalue weighted by Crippen LogP contribution is 2.33. The Kier molecular flexibility index (Phi) is 10.5. The number of benzene rings is 5. The zero-order valence-electron chi connectivity index (χ0n) is 31.2. The number of thiazole rings is 1. The summed E-state index contributed by atoms with van der Waals surface area (Å²) in [4.78, 5) is 63.6. The van der Waals surface area contributed by atoms with Gasteiger partial charge in [0.1, 0.15) is 18.0 Å². The summed E-state index contributed by atoms with van der Waals surface area (Å²) in [7, 11) is 0. The molecule has 1 aromatic heterocycles. The Bertz CT molecular complexity index is 2470. The molecular formula is C43H41FN8O4S. The highest BCUT2D eigenvalue weighted by atomic mass is 32.1. The lowest BCUT2D eigenvalue weighted by Crippen LogP contribution is -2.66. The molecule has 2 atom stereocenters. The van der Waals surface area contributed by atoms with Crippen molar-refractivity contribution in [3.05, 3.63) is 137 Å². The molecule has 0 saturated carbocycles. The second kappa shape index (κ2) is 16.0. The van der Waals surface area contributed by atoms with Crippen LogP contribution in [0.25, 0.3) is 21.0 Å². The minimum absolute atomic E-state index is 0.0937. The third-order valence-corrected chi connectivity index (χ3v) is 11.3. The number of para-hydroxylation sites is 1. The molecule has 5 aromatic carbocycles. The summed E-state index contributed by atoms with van der Waals surface area (Å²) in [6, 6.07) is 31.0. The molecule has 0 unspecified atom stereocenters. The van der Waals surface area contributed by atoms with Crippen LogP contribution in [0, 0.1) is 5.82 Å². The average molecular weight is 785 g/mol. The first kappa shape index (κ1) is 37.5. The Morgan fingerprint density at radius 3 is 2.46 bits per heavy atom. The molecule has 290 valence electrons. The van der Waals surface area contributed by atoms with Gasteiger partial charge in [0.2, 0.25) is 11.8 Å². The monoisotopic (exact) mass is 784 g/mol. The minimum Gasteiger partial charge on any atom is -0.375 e. The van der Waals surface area contributed by atoms with E-state index in [2.05, 4.69) is 15.6 Å². The standard InChI is InChI=1S/C43H41FN8O4S/c1-2-21-50(43(56)46-23-28-13-17-31(44)18-14-28)51-26-38(53)52-35(41(55)49(25-37(51)52)24-30-9-6-12-36-39(30)48-42(45)57-36)22-27-15-19-32(20-16-27)47-40(54)34-11-5-8-29-7-3-4-10-33(29)34/h3-20,35,37H,2,21-26H2,1H3,(H2,45,48)(H,46,56)(H,47,54)/t35-,37+/m0/s1. The van der Waals surface area contributed by atoms with E-state index in [0.29, 0.717) is 29.3 Å². The van der Waals surface area contributed by atoms with Crippen molar-refractivity contribution in [1.29, 1.82) is 0 Å². The summed E-state index contributed by atoms with van der Waals surface area (Å²) < 4.78 is 14.4. The van der Waals surface area contributed by atoms with Crippen LogP contribution in [0.3, 0.4) is 0 Å². The lowest BCUT2D eigenvalue weighted by Gasteiger charge is -2.46. The number of nitrogens with two attached hydrogens (primary N) is 1. The maximum atomic E-state index is 14.6. The van der Waals surface area contributed by atoms with E-state index in [1.807, 2.05) is 73.7 Å². The molecule has 12 nitrogen and oxygen atoms in total. The van der Waals surface area contributed by atoms with Gasteiger partial charge in [0.25, 0.3) is 5.91 Å². The number of nitrogen functional groups attached to an aromatic ring is 1. The number of carbonyl (C=O) groups is 4. The van der Waals surface area contributed by atoms with Crippen LogP contribution in [-0.2, 0) is 29.1 Å². The molecular weight excluding hydrogens is 744 g/mol. The van der Waals surface area contributed by atoms with Gasteiger partial charge in [0.15, 0.2) is 5.13 Å². The fraction of sp³-hybridized carbons (Fsp3) is 0.233. The van der Waals surface area contributed by atoms with Gasteiger partial charge in [-0.05, 0) is 70.3 Å². The van der Waals surface area contributed by atoms with Gasteiger partial charge in [-0.25, -0.2) is 14.2 Å². The lowest BCUT2D eigenvalue weighted by atomic mass is 9.99. The number of amides is 5. The van der Waals surface area contributed by atoms with Crippen molar-refractivity contribution in [1.82, 2.24) is 30.1 Å². The zero-order chi connectivity index (χ0) is 39.6. The fourth-order valence-electron chi connectivity index (χ4n) is 7.75. The van der Waals surface area contributed by atoms with E-state index < -0.39 is 18.2 Å². The molecule has 57 heavy (non-hydrogen) atoms. The molecule has 0 radical (unpaired) electrons. The molecule has 0 bridgehead atoms. The van der Waals surface area contributed by atoms with Gasteiger partial charge in [-0.3, -0.25) is 19.4 Å². The highest BCUT2D eigenvalue weighted by molar-refractivity contribution is 7.22. The number of nitrogens with one attached hydrogen (secondary N) is 2. The number of nitrogens with zero attached hydrogens (tertiary/aromatic N) is 5. The van der Waals surface area contributed by atoms with Gasteiger partial charge < -0.3 is 26.2 Å². The van der Waals surface area contributed by atoms with Gasteiger partial charge in [-0.2, -0.15) is 5.01 Å². The van der Waals surface area contributed by atoms with Crippen LogP contribution in [-0.4, -0.2) is 80.4 Å². The Balaban J connectivity index is 1.06. The van der Waals surface area contributed by atoms with Crippen LogP contribution in [0.1, 0.15) is 40.4 Å². The highest BCUT2D eigenvalue weighted by Gasteiger charge is 2.52. The molecule has 14 heteroatoms. The van der Waals surface area contributed by atoms with Gasteiger partial charge in [-0.1, -0.05) is 91.1 Å². The van der Waals surface area contributed by atoms with Crippen molar-refractivity contribution in [2.75, 3.05) is 30.7 Å². The van der Waals surface area contributed by atoms with Crippen molar-refractivity contribution in [3.63, 3.8) is 0 Å². The molecule has 2 aliphatic rings. The smallest absolute Gasteiger partial charge is 0.332 e. The normalized spacial score (nSPS) is 16.9. The summed E-state index contributed by atoms with van der Waals surface area (Å²) in [5.41, 5.74) is 10.3. The van der Waals surface area contributed by atoms with Crippen LogP contribution < -0.4 is 16.4 Å². The maximum absolute atomic E-state index is 14.6. The Morgan fingerprint density at radius 1 is 0.930 bits per heavy atom. The van der Waals surface area contributed by atoms with Crippen LogP contribution in [0.2, 0.25) is 0 Å². The van der Waals surface area contributed by atoms with Crippen molar-refractivity contribution >= 4 is 66.9 Å². The van der Waals surface area contributed by atoms with Crippen molar-refractivity contribution < 1.29 is 23.6 Å². The summed E-state index contributed by atoms with van der Waals surface area (Å²) in [5.74, 6) is -1.09. The van der Waals surface area contributed by atoms with Gasteiger partial charge >= 0.3 is 6.03 Å². The third kappa shape index (κ3) is 7.73. The van der Waals surface area contributed by atoms with Gasteiger partial charge in [0, 0.05) is 37.3 Å². The second-order valence-electron chi connectivity index (χ2n) is 14.2. The van der Waals surface area contributed by atoms with Gasteiger partial charge in [-0.15, -0.1) is 0 Å². The first-order valence-corrected chi connectivity index (χ1v) is 19.7. The predicted molar refractivity (Wildman–Crippen MR) is 218 cm³/mol. The van der Waals surface area contributed by atoms with E-state index in [9.17, 15) is 23.6 Å². The van der Waals surface area contributed by atoms with Crippen molar-refractivity contribution in [2.45, 2.75) is 45.1 Å². The molecule has 4 N–H and O–H groups in total. The molecule has 6 aromatic rings. The molecule has 2 saturated heterocycles. The third-order valence-electron chi connectivity index (χ3n) is 10.5. The molecule has 8 rings (SSSR count). The molecule has 5 amide bonds. The number of halogens is 1. The minimum atomic E-state index is -0.872. The topological polar surface area (TPSA) is 144 Å². The Hall–Kier alpha value is -6.38. The Morgan fingerprint density at radius 2 is 1.67 bits per heavy atom. The molecule has 0 spiro atoms. The van der Waals surface area contributed by atoms with E-state index in [4.69, 9.17) is 5.73 Å². The first-order chi connectivity index (χ1) is 27.7. The number of urea groups is 1. The maximum Gasteiger partial charge on any atom is 0.332 e. The Labute approximate surface area is 332 Å². The number of fused-ring (bicyclic) bond motifs is 3. The van der Waals surface area contributed by atoms with Crippen molar-refractivity contribution in [3.8, 4) is 0 Å². The second-order valence-corrected chi connectivity index (χ2v) is 15.3. The van der Waals surface area contributed by atoms with E-state index >= 15 is 0 Å². The number of hydrogen-bond donors (Lipinski definition) is 3. The van der Waals surface area contributed by atoms with Crippen LogP contribution >= 0.6 is 11.3 Å². The molecule has 0 aliphatic carbocycles. The SMILES string of the molecule is CCCN(C(=O)NCc1ccc(F)cc1)N1CC(=O)N2[C@@H](Cc3ccc(NC(=O)c4cccc5ccccc45)cc3)C(=O)N(Cc3cccc4sc(N)nc34)C[C@@H]21. The first-order valence-electron chi connectivity index (χ1n) is 18.8. The van der Waals surface area contributed by atoms with Gasteiger partial charge in [0.05, 0.1) is 23.3 Å². The average Bonchev–Trinajstić information content (AvgIpc) is 3.77. The number of carbonyl (C=O) groups excluding carboxylic acids is 4.